The molecule has 0 saturated heterocycles. The standard InChI is InChI=1S/C23H23N5O3/c1-16-21(17(2)31-27-16)15-30-20-8-6-18(7-9-20)13-23(29)26-22-10-12-25-28(22)14-19-5-3-4-11-24-19/h3-12H,13-15H2,1-2H3,(H,26,29). The molecule has 0 saturated carbocycles. The van der Waals surface area contributed by atoms with Crippen LogP contribution in [0.3, 0.4) is 0 Å². The minimum absolute atomic E-state index is 0.118. The fraction of sp³-hybridized carbons (Fsp3) is 0.217. The van der Waals surface area contributed by atoms with Gasteiger partial charge in [0.15, 0.2) is 0 Å². The highest BCUT2D eigenvalue weighted by atomic mass is 16.5. The van der Waals surface area contributed by atoms with Crippen LogP contribution >= 0.6 is 0 Å². The van der Waals surface area contributed by atoms with E-state index < -0.39 is 0 Å². The van der Waals surface area contributed by atoms with Crippen LogP contribution < -0.4 is 10.1 Å². The molecule has 8 nitrogen and oxygen atoms in total. The second kappa shape index (κ2) is 9.25. The largest absolute Gasteiger partial charge is 0.489 e. The summed E-state index contributed by atoms with van der Waals surface area (Å²) in [5, 5.41) is 11.1. The predicted octanol–water partition coefficient (Wildman–Crippen LogP) is 3.69. The van der Waals surface area contributed by atoms with Gasteiger partial charge in [-0.25, -0.2) is 4.68 Å². The van der Waals surface area contributed by atoms with Crippen molar-refractivity contribution in [2.45, 2.75) is 33.4 Å². The van der Waals surface area contributed by atoms with Gasteiger partial charge in [-0.3, -0.25) is 9.78 Å². The van der Waals surface area contributed by atoms with Crippen molar-refractivity contribution >= 4 is 11.7 Å². The smallest absolute Gasteiger partial charge is 0.229 e. The number of hydrogen-bond acceptors (Lipinski definition) is 6. The summed E-state index contributed by atoms with van der Waals surface area (Å²) in [7, 11) is 0. The number of nitrogens with zero attached hydrogens (tertiary/aromatic N) is 4. The number of amides is 1. The van der Waals surface area contributed by atoms with Crippen molar-refractivity contribution in [3.05, 3.63) is 89.2 Å². The van der Waals surface area contributed by atoms with Gasteiger partial charge in [-0.15, -0.1) is 0 Å². The molecule has 1 N–H and O–H groups in total. The van der Waals surface area contributed by atoms with E-state index in [2.05, 4.69) is 20.6 Å². The lowest BCUT2D eigenvalue weighted by Crippen LogP contribution is -2.18. The highest BCUT2D eigenvalue weighted by molar-refractivity contribution is 5.91. The molecule has 0 unspecified atom stereocenters. The zero-order valence-electron chi connectivity index (χ0n) is 17.4. The maximum absolute atomic E-state index is 12.5. The molecule has 4 rings (SSSR count). The van der Waals surface area contributed by atoms with Crippen LogP contribution in [-0.2, 0) is 24.4 Å². The number of pyridine rings is 1. The summed E-state index contributed by atoms with van der Waals surface area (Å²) >= 11 is 0. The fourth-order valence-electron chi connectivity index (χ4n) is 3.15. The highest BCUT2D eigenvalue weighted by Gasteiger charge is 2.11. The summed E-state index contributed by atoms with van der Waals surface area (Å²) in [4.78, 5) is 16.8. The minimum atomic E-state index is -0.118. The minimum Gasteiger partial charge on any atom is -0.489 e. The zero-order valence-corrected chi connectivity index (χ0v) is 17.4. The van der Waals surface area contributed by atoms with Gasteiger partial charge in [-0.2, -0.15) is 5.10 Å². The van der Waals surface area contributed by atoms with Gasteiger partial charge in [0.05, 0.1) is 36.1 Å². The van der Waals surface area contributed by atoms with Crippen molar-refractivity contribution in [3.63, 3.8) is 0 Å². The normalized spacial score (nSPS) is 10.8. The molecule has 0 bridgehead atoms. The third kappa shape index (κ3) is 5.16. The molecule has 1 aromatic carbocycles. The van der Waals surface area contributed by atoms with Crippen LogP contribution in [0.1, 0.15) is 28.3 Å². The molecule has 0 spiro atoms. The second-order valence-corrected chi connectivity index (χ2v) is 7.16. The number of benzene rings is 1. The van der Waals surface area contributed by atoms with Crippen molar-refractivity contribution in [2.75, 3.05) is 5.32 Å². The lowest BCUT2D eigenvalue weighted by molar-refractivity contribution is -0.115. The van der Waals surface area contributed by atoms with Gasteiger partial charge < -0.3 is 14.6 Å². The van der Waals surface area contributed by atoms with Crippen LogP contribution in [0.5, 0.6) is 5.75 Å². The summed E-state index contributed by atoms with van der Waals surface area (Å²) in [6, 6.07) is 14.9. The van der Waals surface area contributed by atoms with Gasteiger partial charge in [0.1, 0.15) is 23.9 Å². The van der Waals surface area contributed by atoms with E-state index in [9.17, 15) is 4.79 Å². The summed E-state index contributed by atoms with van der Waals surface area (Å²) in [5.74, 6) is 1.99. The Bertz CT molecular complexity index is 1130. The molecule has 0 aliphatic rings. The Morgan fingerprint density at radius 1 is 1.10 bits per heavy atom. The van der Waals surface area contributed by atoms with E-state index >= 15 is 0 Å². The van der Waals surface area contributed by atoms with Gasteiger partial charge in [0, 0.05) is 12.3 Å². The Kier molecular flexibility index (Phi) is 6.07. The molecule has 0 radical (unpaired) electrons. The lowest BCUT2D eigenvalue weighted by Gasteiger charge is -2.10. The number of nitrogens with one attached hydrogen (secondary N) is 1. The first-order valence-corrected chi connectivity index (χ1v) is 9.93. The average molecular weight is 417 g/mol. The van der Waals surface area contributed by atoms with Crippen molar-refractivity contribution in [2.24, 2.45) is 0 Å². The van der Waals surface area contributed by atoms with Crippen LogP contribution in [0, 0.1) is 13.8 Å². The maximum Gasteiger partial charge on any atom is 0.229 e. The number of anilines is 1. The summed E-state index contributed by atoms with van der Waals surface area (Å²) in [6.45, 7) is 4.63. The summed E-state index contributed by atoms with van der Waals surface area (Å²) < 4.78 is 12.7. The quantitative estimate of drug-likeness (QED) is 0.470. The van der Waals surface area contributed by atoms with Crippen LogP contribution in [-0.4, -0.2) is 25.8 Å². The number of aryl methyl sites for hydroxylation is 2. The number of carbonyl (C=O) groups excluding carboxylic acids is 1. The molecular weight excluding hydrogens is 394 g/mol. The molecule has 3 aromatic heterocycles. The number of hydrogen-bond donors (Lipinski definition) is 1. The second-order valence-electron chi connectivity index (χ2n) is 7.16. The highest BCUT2D eigenvalue weighted by Crippen LogP contribution is 2.18. The van der Waals surface area contributed by atoms with Gasteiger partial charge in [0.2, 0.25) is 5.91 Å². The fourth-order valence-corrected chi connectivity index (χ4v) is 3.15. The first kappa shape index (κ1) is 20.3. The Balaban J connectivity index is 1.32. The molecular formula is C23H23N5O3. The number of aromatic nitrogens is 4. The molecule has 3 heterocycles. The lowest BCUT2D eigenvalue weighted by atomic mass is 10.1. The molecule has 0 fully saturated rings. The molecule has 0 aliphatic heterocycles. The Labute approximate surface area is 179 Å². The monoisotopic (exact) mass is 417 g/mol. The average Bonchev–Trinajstić information content (AvgIpc) is 3.34. The van der Waals surface area contributed by atoms with E-state index in [1.165, 1.54) is 0 Å². The van der Waals surface area contributed by atoms with Gasteiger partial charge in [-0.1, -0.05) is 23.4 Å². The first-order chi connectivity index (χ1) is 15.1. The molecule has 0 atom stereocenters. The van der Waals surface area contributed by atoms with Gasteiger partial charge >= 0.3 is 0 Å². The van der Waals surface area contributed by atoms with E-state index in [0.29, 0.717) is 19.0 Å². The summed E-state index contributed by atoms with van der Waals surface area (Å²) in [5.41, 5.74) is 3.53. The molecule has 4 aromatic rings. The Morgan fingerprint density at radius 2 is 1.94 bits per heavy atom. The van der Waals surface area contributed by atoms with E-state index in [4.69, 9.17) is 9.26 Å². The van der Waals surface area contributed by atoms with Crippen molar-refractivity contribution in [3.8, 4) is 5.75 Å². The van der Waals surface area contributed by atoms with Crippen LogP contribution in [0.15, 0.2) is 65.4 Å². The molecule has 1 amide bonds. The Morgan fingerprint density at radius 3 is 2.65 bits per heavy atom. The van der Waals surface area contributed by atoms with Crippen LogP contribution in [0.4, 0.5) is 5.82 Å². The van der Waals surface area contributed by atoms with Crippen molar-refractivity contribution in [1.29, 1.82) is 0 Å². The molecule has 31 heavy (non-hydrogen) atoms. The SMILES string of the molecule is Cc1noc(C)c1COc1ccc(CC(=O)Nc2ccnn2Cc2ccccn2)cc1. The number of rotatable bonds is 8. The topological polar surface area (TPSA) is 95.1 Å². The van der Waals surface area contributed by atoms with E-state index in [1.54, 1.807) is 23.1 Å². The summed E-state index contributed by atoms with van der Waals surface area (Å²) in [6.07, 6.45) is 3.64. The van der Waals surface area contributed by atoms with Gasteiger partial charge in [0.25, 0.3) is 0 Å². The van der Waals surface area contributed by atoms with Crippen molar-refractivity contribution in [1.82, 2.24) is 19.9 Å². The predicted molar refractivity (Wildman–Crippen MR) is 115 cm³/mol. The zero-order chi connectivity index (χ0) is 21.6. The molecule has 0 aliphatic carbocycles. The third-order valence-electron chi connectivity index (χ3n) is 4.87. The number of ether oxygens (including phenoxy) is 1. The van der Waals surface area contributed by atoms with E-state index in [0.717, 1.165) is 34.0 Å². The number of carbonyl (C=O) groups is 1. The van der Waals surface area contributed by atoms with E-state index in [-0.39, 0.29) is 12.3 Å². The van der Waals surface area contributed by atoms with Crippen LogP contribution in [0.25, 0.3) is 0 Å². The van der Waals surface area contributed by atoms with E-state index in [1.807, 2.05) is 56.3 Å². The first-order valence-electron chi connectivity index (χ1n) is 9.93. The van der Waals surface area contributed by atoms with Crippen molar-refractivity contribution < 1.29 is 14.1 Å². The maximum atomic E-state index is 12.5. The molecule has 8 heteroatoms. The van der Waals surface area contributed by atoms with Gasteiger partial charge in [-0.05, 0) is 43.7 Å². The third-order valence-corrected chi connectivity index (χ3v) is 4.87. The molecule has 158 valence electrons. The van der Waals surface area contributed by atoms with Crippen LogP contribution in [0.2, 0.25) is 0 Å². The Hall–Kier alpha value is -3.94.